The third-order valence-corrected chi connectivity index (χ3v) is 1.82. The average Bonchev–Trinajstić information content (AvgIpc) is 2.49. The number of halogens is 3. The van der Waals surface area contributed by atoms with Gasteiger partial charge in [0.05, 0.1) is 0 Å². The first kappa shape index (κ1) is 10.1. The van der Waals surface area contributed by atoms with Crippen LogP contribution < -0.4 is 0 Å². The quantitative estimate of drug-likeness (QED) is 0.783. The van der Waals surface area contributed by atoms with Crippen LogP contribution in [0.15, 0.2) is 12.4 Å². The SMILES string of the molecule is CCCC(c1ncc[nH]1)C(F)(F)F. The third-order valence-electron chi connectivity index (χ3n) is 1.82. The standard InChI is InChI=1S/C8H11F3N2/c1-2-3-6(8(9,10)11)7-12-4-5-13-7/h4-6H,2-3H2,1H3,(H,12,13). The highest BCUT2D eigenvalue weighted by atomic mass is 19.4. The molecule has 13 heavy (non-hydrogen) atoms. The molecule has 0 aliphatic rings. The van der Waals surface area contributed by atoms with Gasteiger partial charge in [0.2, 0.25) is 0 Å². The number of rotatable bonds is 3. The molecular weight excluding hydrogens is 181 g/mol. The lowest BCUT2D eigenvalue weighted by molar-refractivity contribution is -0.153. The van der Waals surface area contributed by atoms with Gasteiger partial charge in [0.1, 0.15) is 11.7 Å². The zero-order valence-corrected chi connectivity index (χ0v) is 7.23. The van der Waals surface area contributed by atoms with Crippen LogP contribution in [0.25, 0.3) is 0 Å². The summed E-state index contributed by atoms with van der Waals surface area (Å²) in [5.41, 5.74) is 0. The Bertz CT molecular complexity index is 240. The number of alkyl halides is 3. The van der Waals surface area contributed by atoms with Crippen LogP contribution in [0.1, 0.15) is 31.5 Å². The van der Waals surface area contributed by atoms with E-state index in [1.165, 1.54) is 12.4 Å². The molecular formula is C8H11F3N2. The van der Waals surface area contributed by atoms with Crippen LogP contribution in [-0.2, 0) is 0 Å². The number of nitrogens with zero attached hydrogens (tertiary/aromatic N) is 1. The van der Waals surface area contributed by atoms with Gasteiger partial charge in [0, 0.05) is 12.4 Å². The summed E-state index contributed by atoms with van der Waals surface area (Å²) < 4.78 is 37.2. The summed E-state index contributed by atoms with van der Waals surface area (Å²) in [4.78, 5) is 6.12. The van der Waals surface area contributed by atoms with E-state index in [2.05, 4.69) is 9.97 Å². The van der Waals surface area contributed by atoms with Crippen molar-refractivity contribution < 1.29 is 13.2 Å². The molecule has 0 aliphatic carbocycles. The van der Waals surface area contributed by atoms with E-state index in [9.17, 15) is 13.2 Å². The lowest BCUT2D eigenvalue weighted by Gasteiger charge is -2.16. The maximum atomic E-state index is 12.4. The Hall–Kier alpha value is -1.00. The van der Waals surface area contributed by atoms with Crippen LogP contribution in [0.5, 0.6) is 0 Å². The molecule has 74 valence electrons. The van der Waals surface area contributed by atoms with Crippen molar-refractivity contribution in [1.29, 1.82) is 0 Å². The van der Waals surface area contributed by atoms with Gasteiger partial charge >= 0.3 is 6.18 Å². The van der Waals surface area contributed by atoms with Crippen molar-refractivity contribution in [2.75, 3.05) is 0 Å². The van der Waals surface area contributed by atoms with Gasteiger partial charge in [0.25, 0.3) is 0 Å². The summed E-state index contributed by atoms with van der Waals surface area (Å²) >= 11 is 0. The second kappa shape index (κ2) is 3.81. The minimum Gasteiger partial charge on any atom is -0.348 e. The molecule has 1 unspecified atom stereocenters. The van der Waals surface area contributed by atoms with Gasteiger partial charge in [-0.1, -0.05) is 13.3 Å². The Morgan fingerprint density at radius 2 is 2.23 bits per heavy atom. The summed E-state index contributed by atoms with van der Waals surface area (Å²) in [6.45, 7) is 1.72. The highest BCUT2D eigenvalue weighted by molar-refractivity contribution is 5.00. The molecule has 2 nitrogen and oxygen atoms in total. The maximum absolute atomic E-state index is 12.4. The molecule has 1 N–H and O–H groups in total. The minimum atomic E-state index is -4.20. The van der Waals surface area contributed by atoms with Crippen molar-refractivity contribution in [3.63, 3.8) is 0 Å². The minimum absolute atomic E-state index is 0.00866. The summed E-state index contributed by atoms with van der Waals surface area (Å²) in [5, 5.41) is 0. The van der Waals surface area contributed by atoms with Gasteiger partial charge in [0.15, 0.2) is 0 Å². The fourth-order valence-electron chi connectivity index (χ4n) is 1.21. The number of aromatic nitrogens is 2. The number of nitrogens with one attached hydrogen (secondary N) is 1. The van der Waals surface area contributed by atoms with Crippen molar-refractivity contribution in [3.8, 4) is 0 Å². The molecule has 1 heterocycles. The van der Waals surface area contributed by atoms with Crippen LogP contribution in [-0.4, -0.2) is 16.1 Å². The summed E-state index contributed by atoms with van der Waals surface area (Å²) in [7, 11) is 0. The summed E-state index contributed by atoms with van der Waals surface area (Å²) in [6, 6.07) is 0. The summed E-state index contributed by atoms with van der Waals surface area (Å²) in [5.74, 6) is -1.44. The van der Waals surface area contributed by atoms with Crippen LogP contribution in [0.2, 0.25) is 0 Å². The predicted molar refractivity (Wildman–Crippen MR) is 42.3 cm³/mol. The normalized spacial score (nSPS) is 14.5. The van der Waals surface area contributed by atoms with E-state index in [4.69, 9.17) is 0 Å². The first-order valence-corrected chi connectivity index (χ1v) is 4.11. The molecule has 0 aromatic carbocycles. The molecule has 0 amide bonds. The van der Waals surface area contributed by atoms with E-state index in [0.717, 1.165) is 0 Å². The number of hydrogen-bond acceptors (Lipinski definition) is 1. The molecule has 0 saturated heterocycles. The second-order valence-corrected chi connectivity index (χ2v) is 2.86. The highest BCUT2D eigenvalue weighted by Gasteiger charge is 2.41. The van der Waals surface area contributed by atoms with Crippen molar-refractivity contribution in [2.24, 2.45) is 0 Å². The van der Waals surface area contributed by atoms with Gasteiger partial charge in [-0.2, -0.15) is 13.2 Å². The third kappa shape index (κ3) is 2.47. The van der Waals surface area contributed by atoms with Crippen LogP contribution in [0.4, 0.5) is 13.2 Å². The monoisotopic (exact) mass is 192 g/mol. The molecule has 0 fully saturated rings. The van der Waals surface area contributed by atoms with Crippen LogP contribution in [0, 0.1) is 0 Å². The van der Waals surface area contributed by atoms with Crippen molar-refractivity contribution in [1.82, 2.24) is 9.97 Å². The maximum Gasteiger partial charge on any atom is 0.398 e. The number of aromatic amines is 1. The van der Waals surface area contributed by atoms with Gasteiger partial charge < -0.3 is 4.98 Å². The smallest absolute Gasteiger partial charge is 0.348 e. The van der Waals surface area contributed by atoms with Crippen molar-refractivity contribution in [3.05, 3.63) is 18.2 Å². The van der Waals surface area contributed by atoms with Crippen molar-refractivity contribution >= 4 is 0 Å². The molecule has 1 aromatic heterocycles. The van der Waals surface area contributed by atoms with E-state index >= 15 is 0 Å². The molecule has 1 aromatic rings. The molecule has 0 radical (unpaired) electrons. The lowest BCUT2D eigenvalue weighted by Crippen LogP contribution is -2.21. The topological polar surface area (TPSA) is 28.7 Å². The first-order valence-electron chi connectivity index (χ1n) is 4.11. The molecule has 0 saturated carbocycles. The molecule has 5 heteroatoms. The van der Waals surface area contributed by atoms with Gasteiger partial charge in [-0.15, -0.1) is 0 Å². The molecule has 0 bridgehead atoms. The largest absolute Gasteiger partial charge is 0.398 e. The van der Waals surface area contributed by atoms with E-state index in [-0.39, 0.29) is 12.2 Å². The molecule has 1 atom stereocenters. The average molecular weight is 192 g/mol. The van der Waals surface area contributed by atoms with E-state index in [1.807, 2.05) is 0 Å². The van der Waals surface area contributed by atoms with Gasteiger partial charge in [-0.05, 0) is 6.42 Å². The predicted octanol–water partition coefficient (Wildman–Crippen LogP) is 2.86. The van der Waals surface area contributed by atoms with E-state index in [1.54, 1.807) is 6.92 Å². The summed E-state index contributed by atoms with van der Waals surface area (Å²) in [6.07, 6.45) is -0.886. The van der Waals surface area contributed by atoms with Crippen molar-refractivity contribution in [2.45, 2.75) is 31.9 Å². The molecule has 0 spiro atoms. The second-order valence-electron chi connectivity index (χ2n) is 2.86. The Balaban J connectivity index is 2.81. The fraction of sp³-hybridized carbons (Fsp3) is 0.625. The number of hydrogen-bond donors (Lipinski definition) is 1. The Morgan fingerprint density at radius 3 is 2.62 bits per heavy atom. The lowest BCUT2D eigenvalue weighted by atomic mass is 10.0. The Kier molecular flexibility index (Phi) is 2.95. The zero-order chi connectivity index (χ0) is 9.90. The van der Waals surface area contributed by atoms with Crippen LogP contribution in [0.3, 0.4) is 0 Å². The van der Waals surface area contributed by atoms with Crippen LogP contribution >= 0.6 is 0 Å². The Labute approximate surface area is 74.2 Å². The number of imidazole rings is 1. The fourth-order valence-corrected chi connectivity index (χ4v) is 1.21. The first-order chi connectivity index (χ1) is 6.05. The van der Waals surface area contributed by atoms with Gasteiger partial charge in [-0.25, -0.2) is 4.98 Å². The van der Waals surface area contributed by atoms with E-state index in [0.29, 0.717) is 6.42 Å². The van der Waals surface area contributed by atoms with Gasteiger partial charge in [-0.3, -0.25) is 0 Å². The molecule has 0 aliphatic heterocycles. The van der Waals surface area contributed by atoms with E-state index < -0.39 is 12.1 Å². The molecule has 1 rings (SSSR count). The highest BCUT2D eigenvalue weighted by Crippen LogP contribution is 2.36. The Morgan fingerprint density at radius 1 is 1.54 bits per heavy atom. The number of H-pyrrole nitrogens is 1. The zero-order valence-electron chi connectivity index (χ0n) is 7.23.